The number of fused-ring (bicyclic) bond motifs is 1. The second-order valence-corrected chi connectivity index (χ2v) is 4.29. The van der Waals surface area contributed by atoms with Crippen LogP contribution >= 0.6 is 0 Å². The third kappa shape index (κ3) is 1.65. The lowest BCUT2D eigenvalue weighted by Gasteiger charge is -2.33. The molecule has 0 radical (unpaired) electrons. The van der Waals surface area contributed by atoms with Gasteiger partial charge in [-0.05, 0) is 32.0 Å². The third-order valence-electron chi connectivity index (χ3n) is 2.72. The lowest BCUT2D eigenvalue weighted by atomic mass is 10.2. The highest BCUT2D eigenvalue weighted by Crippen LogP contribution is 2.39. The Bertz CT molecular complexity index is 376. The monoisotopic (exact) mass is 209 g/mol. The van der Waals surface area contributed by atoms with Crippen LogP contribution in [0.25, 0.3) is 0 Å². The number of hydrogen-bond acceptors (Lipinski definition) is 3. The Morgan fingerprint density at radius 2 is 2.20 bits per heavy atom. The van der Waals surface area contributed by atoms with Gasteiger partial charge in [0.2, 0.25) is 0 Å². The summed E-state index contributed by atoms with van der Waals surface area (Å²) in [5.74, 6) is -0.216. The quantitative estimate of drug-likeness (QED) is 0.779. The number of hydrogen-bond donors (Lipinski definition) is 2. The summed E-state index contributed by atoms with van der Waals surface area (Å²) in [7, 11) is 0. The minimum atomic E-state index is -0.216. The smallest absolute Gasteiger partial charge is 0.125 e. The highest BCUT2D eigenvalue weighted by Gasteiger charge is 2.34. The van der Waals surface area contributed by atoms with Crippen molar-refractivity contribution in [2.75, 3.05) is 23.3 Å². The van der Waals surface area contributed by atoms with Crippen LogP contribution < -0.4 is 16.0 Å². The molecule has 0 bridgehead atoms. The van der Waals surface area contributed by atoms with Crippen LogP contribution in [0.2, 0.25) is 0 Å². The van der Waals surface area contributed by atoms with Crippen molar-refractivity contribution in [1.29, 1.82) is 0 Å². The second kappa shape index (κ2) is 3.38. The molecule has 0 atom stereocenters. The van der Waals surface area contributed by atoms with Crippen molar-refractivity contribution < 1.29 is 4.39 Å². The molecule has 0 unspecified atom stereocenters. The van der Waals surface area contributed by atoms with Crippen molar-refractivity contribution in [3.05, 3.63) is 24.0 Å². The molecule has 0 aromatic heterocycles. The molecule has 82 valence electrons. The van der Waals surface area contributed by atoms with Gasteiger partial charge in [0, 0.05) is 13.1 Å². The van der Waals surface area contributed by atoms with Crippen molar-refractivity contribution in [1.82, 2.24) is 0 Å². The fourth-order valence-electron chi connectivity index (χ4n) is 2.07. The lowest BCUT2D eigenvalue weighted by molar-refractivity contribution is 0.543. The van der Waals surface area contributed by atoms with E-state index in [1.165, 1.54) is 12.1 Å². The number of halogens is 1. The number of anilines is 2. The molecule has 1 aliphatic rings. The fraction of sp³-hybridized carbons (Fsp3) is 0.455. The Kier molecular flexibility index (Phi) is 2.31. The van der Waals surface area contributed by atoms with E-state index >= 15 is 0 Å². The molecule has 1 aromatic rings. The zero-order valence-electron chi connectivity index (χ0n) is 9.05. The van der Waals surface area contributed by atoms with Crippen molar-refractivity contribution in [3.8, 4) is 0 Å². The second-order valence-electron chi connectivity index (χ2n) is 4.29. The molecule has 15 heavy (non-hydrogen) atoms. The largest absolute Gasteiger partial charge is 0.361 e. The lowest BCUT2D eigenvalue weighted by Crippen LogP contribution is -2.47. The number of nitrogens with one attached hydrogen (secondary N) is 1. The van der Waals surface area contributed by atoms with Gasteiger partial charge in [0.05, 0.1) is 11.4 Å². The zero-order valence-corrected chi connectivity index (χ0v) is 9.05. The van der Waals surface area contributed by atoms with Gasteiger partial charge in [-0.15, -0.1) is 0 Å². The molecule has 0 fully saturated rings. The van der Waals surface area contributed by atoms with E-state index in [1.54, 1.807) is 6.07 Å². The summed E-state index contributed by atoms with van der Waals surface area (Å²) in [5, 5.41) is 3.28. The maximum absolute atomic E-state index is 13.0. The maximum atomic E-state index is 13.0. The van der Waals surface area contributed by atoms with Crippen LogP contribution in [-0.2, 0) is 0 Å². The Morgan fingerprint density at radius 3 is 2.87 bits per heavy atom. The van der Waals surface area contributed by atoms with Crippen molar-refractivity contribution in [3.63, 3.8) is 0 Å². The Balaban J connectivity index is 2.40. The van der Waals surface area contributed by atoms with Crippen molar-refractivity contribution in [2.24, 2.45) is 5.73 Å². The van der Waals surface area contributed by atoms with Gasteiger partial charge in [0.1, 0.15) is 11.5 Å². The summed E-state index contributed by atoms with van der Waals surface area (Å²) in [4.78, 5) is 2.15. The van der Waals surface area contributed by atoms with Gasteiger partial charge in [0.25, 0.3) is 0 Å². The van der Waals surface area contributed by atoms with Crippen LogP contribution in [0.3, 0.4) is 0 Å². The summed E-state index contributed by atoms with van der Waals surface area (Å²) in [6, 6.07) is 4.79. The summed E-state index contributed by atoms with van der Waals surface area (Å²) in [6.45, 7) is 5.46. The minimum Gasteiger partial charge on any atom is -0.361 e. The summed E-state index contributed by atoms with van der Waals surface area (Å²) in [5.41, 5.74) is 7.24. The maximum Gasteiger partial charge on any atom is 0.125 e. The average molecular weight is 209 g/mol. The van der Waals surface area contributed by atoms with Crippen LogP contribution in [0.4, 0.5) is 15.8 Å². The van der Waals surface area contributed by atoms with Crippen LogP contribution in [0.1, 0.15) is 13.8 Å². The predicted octanol–water partition coefficient (Wildman–Crippen LogP) is 1.75. The molecule has 1 aromatic carbocycles. The van der Waals surface area contributed by atoms with Crippen LogP contribution in [0.5, 0.6) is 0 Å². The molecule has 0 spiro atoms. The average Bonchev–Trinajstić information content (AvgIpc) is 2.37. The van der Waals surface area contributed by atoms with E-state index in [0.29, 0.717) is 6.54 Å². The first-order chi connectivity index (χ1) is 7.04. The van der Waals surface area contributed by atoms with Crippen molar-refractivity contribution in [2.45, 2.75) is 19.5 Å². The number of rotatable bonds is 2. The Labute approximate surface area is 89.1 Å². The Hall–Kier alpha value is -1.29. The van der Waals surface area contributed by atoms with E-state index in [-0.39, 0.29) is 11.5 Å². The molecule has 0 amide bonds. The van der Waals surface area contributed by atoms with Gasteiger partial charge >= 0.3 is 0 Å². The molecule has 4 heteroatoms. The van der Waals surface area contributed by atoms with E-state index in [4.69, 9.17) is 5.73 Å². The highest BCUT2D eigenvalue weighted by molar-refractivity contribution is 5.77. The SMILES string of the molecule is CC1(C)Nc2cc(F)ccc2N1CCN. The Morgan fingerprint density at radius 1 is 1.47 bits per heavy atom. The summed E-state index contributed by atoms with van der Waals surface area (Å²) >= 11 is 0. The van der Waals surface area contributed by atoms with E-state index in [0.717, 1.165) is 17.9 Å². The normalized spacial score (nSPS) is 17.5. The zero-order chi connectivity index (χ0) is 11.1. The van der Waals surface area contributed by atoms with E-state index in [2.05, 4.69) is 24.1 Å². The first-order valence-corrected chi connectivity index (χ1v) is 5.10. The predicted molar refractivity (Wildman–Crippen MR) is 60.5 cm³/mol. The first kappa shape index (κ1) is 10.2. The van der Waals surface area contributed by atoms with Gasteiger partial charge < -0.3 is 16.0 Å². The molecule has 3 nitrogen and oxygen atoms in total. The molecular weight excluding hydrogens is 193 g/mol. The molecule has 0 aliphatic carbocycles. The standard InChI is InChI=1S/C11H16FN3/c1-11(2)14-9-7-8(12)3-4-10(9)15(11)6-5-13/h3-4,7,14H,5-6,13H2,1-2H3. The minimum absolute atomic E-state index is 0.199. The molecule has 0 saturated carbocycles. The molecule has 3 N–H and O–H groups in total. The van der Waals surface area contributed by atoms with Gasteiger partial charge in [0.15, 0.2) is 0 Å². The van der Waals surface area contributed by atoms with Crippen LogP contribution in [0.15, 0.2) is 18.2 Å². The topological polar surface area (TPSA) is 41.3 Å². The van der Waals surface area contributed by atoms with Crippen molar-refractivity contribution >= 4 is 11.4 Å². The molecule has 1 heterocycles. The molecule has 2 rings (SSSR count). The third-order valence-corrected chi connectivity index (χ3v) is 2.72. The van der Waals surface area contributed by atoms with Gasteiger partial charge in [-0.2, -0.15) is 0 Å². The fourth-order valence-corrected chi connectivity index (χ4v) is 2.07. The van der Waals surface area contributed by atoms with Crippen LogP contribution in [0, 0.1) is 5.82 Å². The molecule has 0 saturated heterocycles. The number of nitrogens with zero attached hydrogens (tertiary/aromatic N) is 1. The van der Waals surface area contributed by atoms with Gasteiger partial charge in [-0.1, -0.05) is 0 Å². The van der Waals surface area contributed by atoms with Gasteiger partial charge in [-0.25, -0.2) is 4.39 Å². The highest BCUT2D eigenvalue weighted by atomic mass is 19.1. The summed E-state index contributed by atoms with van der Waals surface area (Å²) < 4.78 is 13.0. The first-order valence-electron chi connectivity index (χ1n) is 5.10. The number of nitrogens with two attached hydrogens (primary N) is 1. The van der Waals surface area contributed by atoms with E-state index in [1.807, 2.05) is 0 Å². The van der Waals surface area contributed by atoms with Gasteiger partial charge in [-0.3, -0.25) is 0 Å². The summed E-state index contributed by atoms with van der Waals surface area (Å²) in [6.07, 6.45) is 0. The number of benzene rings is 1. The van der Waals surface area contributed by atoms with E-state index in [9.17, 15) is 4.39 Å². The molecular formula is C11H16FN3. The van der Waals surface area contributed by atoms with E-state index < -0.39 is 0 Å². The molecule has 1 aliphatic heterocycles. The van der Waals surface area contributed by atoms with Crippen LogP contribution in [-0.4, -0.2) is 18.8 Å².